The molecule has 0 saturated carbocycles. The van der Waals surface area contributed by atoms with Crippen LogP contribution in [0, 0.1) is 0 Å². The minimum Gasteiger partial charge on any atom is -0.462 e. The second-order valence-electron chi connectivity index (χ2n) is 14.5. The summed E-state index contributed by atoms with van der Waals surface area (Å²) in [7, 11) is 0. The third-order valence-electron chi connectivity index (χ3n) is 9.12. The van der Waals surface area contributed by atoms with Crippen molar-refractivity contribution in [2.75, 3.05) is 19.8 Å². The van der Waals surface area contributed by atoms with Gasteiger partial charge >= 0.3 is 11.9 Å². The van der Waals surface area contributed by atoms with E-state index in [4.69, 9.17) is 14.2 Å². The Labute approximate surface area is 345 Å². The average molecular weight is 777 g/mol. The van der Waals surface area contributed by atoms with Crippen LogP contribution in [0.1, 0.15) is 188 Å². The number of ether oxygens (including phenoxy) is 3. The molecule has 56 heavy (non-hydrogen) atoms. The van der Waals surface area contributed by atoms with Crippen molar-refractivity contribution in [1.29, 1.82) is 0 Å². The van der Waals surface area contributed by atoms with Crippen LogP contribution in [0.3, 0.4) is 0 Å². The third-order valence-corrected chi connectivity index (χ3v) is 9.12. The fourth-order valence-corrected chi connectivity index (χ4v) is 5.78. The predicted octanol–water partition coefficient (Wildman–Crippen LogP) is 15.1. The highest BCUT2D eigenvalue weighted by Crippen LogP contribution is 2.12. The first-order chi connectivity index (χ1) is 27.6. The number of carbonyl (C=O) groups excluding carboxylic acids is 2. The Bertz CT molecular complexity index is 1110. The molecule has 0 heterocycles. The molecule has 0 spiro atoms. The van der Waals surface area contributed by atoms with E-state index in [2.05, 4.69) is 118 Å². The number of esters is 2. The van der Waals surface area contributed by atoms with Gasteiger partial charge < -0.3 is 14.2 Å². The zero-order valence-corrected chi connectivity index (χ0v) is 36.4. The van der Waals surface area contributed by atoms with Gasteiger partial charge in [-0.2, -0.15) is 0 Å². The molecule has 318 valence electrons. The molecule has 5 heteroatoms. The monoisotopic (exact) mass is 777 g/mol. The maximum absolute atomic E-state index is 12.5. The van der Waals surface area contributed by atoms with E-state index in [-0.39, 0.29) is 25.2 Å². The summed E-state index contributed by atoms with van der Waals surface area (Å²) in [6.45, 7) is 7.42. The van der Waals surface area contributed by atoms with Crippen molar-refractivity contribution < 1.29 is 23.8 Å². The Balaban J connectivity index is 4.15. The van der Waals surface area contributed by atoms with Gasteiger partial charge in [-0.15, -0.1) is 0 Å². The zero-order valence-electron chi connectivity index (χ0n) is 36.4. The average Bonchev–Trinajstić information content (AvgIpc) is 3.20. The van der Waals surface area contributed by atoms with Crippen LogP contribution in [0.25, 0.3) is 0 Å². The summed E-state index contributed by atoms with van der Waals surface area (Å²) in [6, 6.07) is 0. The molecule has 0 saturated heterocycles. The summed E-state index contributed by atoms with van der Waals surface area (Å²) >= 11 is 0. The molecule has 0 amide bonds. The zero-order chi connectivity index (χ0) is 40.7. The van der Waals surface area contributed by atoms with E-state index in [1.807, 2.05) is 0 Å². The Morgan fingerprint density at radius 3 is 1.29 bits per heavy atom. The fourth-order valence-electron chi connectivity index (χ4n) is 5.78. The van der Waals surface area contributed by atoms with Gasteiger partial charge in [0.25, 0.3) is 0 Å². The molecule has 0 bridgehead atoms. The topological polar surface area (TPSA) is 61.8 Å². The van der Waals surface area contributed by atoms with E-state index in [1.54, 1.807) is 0 Å². The van der Waals surface area contributed by atoms with Crippen molar-refractivity contribution in [3.63, 3.8) is 0 Å². The SMILES string of the molecule is CC/C=C\C/C=C\C/C=C\C/C=C\CCCCCCCCC(=O)OCC(COCCCCC/C=C\C/C=C\C/C=C\C/C=C\CC)OC(=O)CCCCCCC. The summed E-state index contributed by atoms with van der Waals surface area (Å²) in [5.41, 5.74) is 0. The lowest BCUT2D eigenvalue weighted by atomic mass is 10.1. The summed E-state index contributed by atoms with van der Waals surface area (Å²) in [5.74, 6) is -0.452. The molecule has 1 unspecified atom stereocenters. The fraction of sp³-hybridized carbons (Fsp3) is 0.647. The lowest BCUT2D eigenvalue weighted by Gasteiger charge is -2.18. The van der Waals surface area contributed by atoms with Gasteiger partial charge in [-0.05, 0) is 96.3 Å². The summed E-state index contributed by atoms with van der Waals surface area (Å²) in [4.78, 5) is 25.0. The lowest BCUT2D eigenvalue weighted by molar-refractivity contribution is -0.163. The first-order valence-corrected chi connectivity index (χ1v) is 22.8. The van der Waals surface area contributed by atoms with Crippen LogP contribution >= 0.6 is 0 Å². The number of carbonyl (C=O) groups is 2. The Morgan fingerprint density at radius 2 is 0.804 bits per heavy atom. The highest BCUT2D eigenvalue weighted by Gasteiger charge is 2.17. The lowest BCUT2D eigenvalue weighted by Crippen LogP contribution is -2.30. The van der Waals surface area contributed by atoms with Crippen LogP contribution in [-0.2, 0) is 23.8 Å². The van der Waals surface area contributed by atoms with Crippen LogP contribution in [0.15, 0.2) is 97.2 Å². The van der Waals surface area contributed by atoms with Crippen molar-refractivity contribution in [3.05, 3.63) is 97.2 Å². The van der Waals surface area contributed by atoms with Gasteiger partial charge in [-0.3, -0.25) is 9.59 Å². The molecule has 0 rings (SSSR count). The summed E-state index contributed by atoms with van der Waals surface area (Å²) in [5, 5.41) is 0. The highest BCUT2D eigenvalue weighted by molar-refractivity contribution is 5.70. The standard InChI is InChI=1S/C51H84O5/c1-4-7-10-13-15-17-19-21-23-25-26-27-28-30-32-34-36-39-41-44-50(52)55-48-49(56-51(53)45-42-38-12-9-6-3)47-54-46-43-40-37-35-33-31-29-24-22-20-18-16-14-11-8-5-2/h7-8,10-11,15-18,21-24,26-27,31,33,49H,4-6,9,12-14,19-20,25,28-30,32,34-48H2,1-3H3/b10-7-,11-8-,17-15-,18-16-,23-21-,24-22-,27-26-,33-31-. The predicted molar refractivity (Wildman–Crippen MR) is 242 cm³/mol. The molecule has 0 aliphatic heterocycles. The van der Waals surface area contributed by atoms with E-state index in [1.165, 1.54) is 32.1 Å². The first kappa shape index (κ1) is 52.8. The van der Waals surface area contributed by atoms with Crippen LogP contribution in [0.5, 0.6) is 0 Å². The van der Waals surface area contributed by atoms with E-state index in [9.17, 15) is 9.59 Å². The molecule has 1 atom stereocenters. The maximum Gasteiger partial charge on any atom is 0.306 e. The molecular weight excluding hydrogens is 693 g/mol. The molecular formula is C51H84O5. The Kier molecular flexibility index (Phi) is 43.6. The van der Waals surface area contributed by atoms with Gasteiger partial charge in [0.15, 0.2) is 6.10 Å². The molecule has 0 N–H and O–H groups in total. The van der Waals surface area contributed by atoms with Crippen LogP contribution in [-0.4, -0.2) is 37.9 Å². The molecule has 5 nitrogen and oxygen atoms in total. The smallest absolute Gasteiger partial charge is 0.306 e. The number of allylic oxidation sites excluding steroid dienone is 16. The maximum atomic E-state index is 12.5. The second-order valence-corrected chi connectivity index (χ2v) is 14.5. The van der Waals surface area contributed by atoms with Gasteiger partial charge in [0.2, 0.25) is 0 Å². The summed E-state index contributed by atoms with van der Waals surface area (Å²) < 4.78 is 17.2. The minimum absolute atomic E-state index is 0.0591. The van der Waals surface area contributed by atoms with Crippen LogP contribution in [0.2, 0.25) is 0 Å². The normalized spacial score (nSPS) is 13.1. The number of unbranched alkanes of at least 4 members (excludes halogenated alkanes) is 13. The van der Waals surface area contributed by atoms with Crippen molar-refractivity contribution >= 4 is 11.9 Å². The van der Waals surface area contributed by atoms with Crippen LogP contribution < -0.4 is 0 Å². The molecule has 0 aliphatic carbocycles. The van der Waals surface area contributed by atoms with Crippen molar-refractivity contribution in [2.24, 2.45) is 0 Å². The molecule has 0 fully saturated rings. The van der Waals surface area contributed by atoms with Gasteiger partial charge in [-0.25, -0.2) is 0 Å². The minimum atomic E-state index is -0.559. The van der Waals surface area contributed by atoms with Crippen LogP contribution in [0.4, 0.5) is 0 Å². The number of hydrogen-bond acceptors (Lipinski definition) is 5. The van der Waals surface area contributed by atoms with Crippen molar-refractivity contribution in [3.8, 4) is 0 Å². The molecule has 0 aromatic heterocycles. The van der Waals surface area contributed by atoms with Crippen molar-refractivity contribution in [1.82, 2.24) is 0 Å². The first-order valence-electron chi connectivity index (χ1n) is 22.8. The number of rotatable bonds is 40. The van der Waals surface area contributed by atoms with Gasteiger partial charge in [0, 0.05) is 19.4 Å². The van der Waals surface area contributed by atoms with Gasteiger partial charge in [0.05, 0.1) is 6.61 Å². The largest absolute Gasteiger partial charge is 0.462 e. The van der Waals surface area contributed by atoms with E-state index in [0.717, 1.165) is 122 Å². The highest BCUT2D eigenvalue weighted by atomic mass is 16.6. The molecule has 0 radical (unpaired) electrons. The molecule has 0 aromatic carbocycles. The van der Waals surface area contributed by atoms with Gasteiger partial charge in [-0.1, -0.05) is 176 Å². The van der Waals surface area contributed by atoms with Gasteiger partial charge in [0.1, 0.15) is 6.61 Å². The van der Waals surface area contributed by atoms with E-state index in [0.29, 0.717) is 19.4 Å². The van der Waals surface area contributed by atoms with E-state index >= 15 is 0 Å². The Hall–Kier alpha value is -3.18. The Morgan fingerprint density at radius 1 is 0.411 bits per heavy atom. The van der Waals surface area contributed by atoms with Crippen molar-refractivity contribution in [2.45, 2.75) is 194 Å². The second kappa shape index (κ2) is 46.2. The quantitative estimate of drug-likeness (QED) is 0.0352. The number of hydrogen-bond donors (Lipinski definition) is 0. The third kappa shape index (κ3) is 43.5. The van der Waals surface area contributed by atoms with E-state index < -0.39 is 6.10 Å². The molecule has 0 aromatic rings. The summed E-state index contributed by atoms with van der Waals surface area (Å²) in [6.07, 6.45) is 61.5. The molecule has 0 aliphatic rings.